The lowest BCUT2D eigenvalue weighted by Gasteiger charge is -2.06. The molecule has 0 spiro atoms. The Morgan fingerprint density at radius 2 is 1.25 bits per heavy atom. The van der Waals surface area contributed by atoms with E-state index < -0.39 is 37.3 Å². The normalized spacial score (nSPS) is 13.7. The smallest absolute Gasteiger partial charge is 0.150 e. The molecule has 0 fully saturated rings. The molecule has 0 radical (unpaired) electrons. The Morgan fingerprint density at radius 3 is 1.42 bits per heavy atom. The van der Waals surface area contributed by atoms with E-state index >= 15 is 0 Å². The van der Waals surface area contributed by atoms with Crippen LogP contribution in [-0.4, -0.2) is 52.1 Å². The van der Waals surface area contributed by atoms with Crippen LogP contribution in [0.4, 0.5) is 0 Å². The molecule has 0 atom stereocenters. The third kappa shape index (κ3) is 7.96. The summed E-state index contributed by atoms with van der Waals surface area (Å²) >= 11 is 0. The van der Waals surface area contributed by atoms with Crippen LogP contribution >= 0.6 is 0 Å². The molecule has 0 bridgehead atoms. The maximum absolute atomic E-state index is 10.6. The average molecular weight is 216 g/mol. The van der Waals surface area contributed by atoms with Crippen LogP contribution in [0.15, 0.2) is 0 Å². The highest BCUT2D eigenvalue weighted by molar-refractivity contribution is 7.91. The van der Waals surface area contributed by atoms with E-state index in [1.807, 2.05) is 0 Å². The molecule has 7 heteroatoms. The minimum Gasteiger partial charge on any atom is -0.391 e. The fourth-order valence-corrected chi connectivity index (χ4v) is 2.53. The van der Waals surface area contributed by atoms with Crippen molar-refractivity contribution in [2.75, 3.05) is 24.0 Å². The van der Waals surface area contributed by atoms with Crippen molar-refractivity contribution in [2.24, 2.45) is 0 Å². The lowest BCUT2D eigenvalue weighted by Crippen LogP contribution is -2.27. The third-order valence-electron chi connectivity index (χ3n) is 0.990. The first-order valence-corrected chi connectivity index (χ1v) is 7.26. The molecule has 0 aliphatic carbocycles. The largest absolute Gasteiger partial charge is 0.391 e. The monoisotopic (exact) mass is 216 g/mol. The molecule has 0 heterocycles. The van der Waals surface area contributed by atoms with Gasteiger partial charge >= 0.3 is 0 Å². The summed E-state index contributed by atoms with van der Waals surface area (Å²) < 4.78 is 42.3. The summed E-state index contributed by atoms with van der Waals surface area (Å²) in [7, 11) is -6.62. The van der Waals surface area contributed by atoms with Gasteiger partial charge in [0.15, 0.2) is 0 Å². The maximum Gasteiger partial charge on any atom is 0.150 e. The van der Waals surface area contributed by atoms with Crippen molar-refractivity contribution >= 4 is 19.7 Å². The summed E-state index contributed by atoms with van der Waals surface area (Å²) in [5, 5.41) is 8.96. The fourth-order valence-electron chi connectivity index (χ4n) is 0.747. The van der Waals surface area contributed by atoms with Gasteiger partial charge in [0.05, 0.1) is 17.6 Å². The average Bonchev–Trinajstić information content (AvgIpc) is 1.49. The lowest BCUT2D eigenvalue weighted by atomic mass is 10.5. The van der Waals surface area contributed by atoms with Crippen molar-refractivity contribution in [3.05, 3.63) is 0 Å². The van der Waals surface area contributed by atoms with Crippen LogP contribution in [0.25, 0.3) is 0 Å². The number of aliphatic hydroxyl groups excluding tert-OH is 1. The lowest BCUT2D eigenvalue weighted by molar-refractivity contribution is 0.220. The fraction of sp³-hybridized carbons (Fsp3) is 1.00. The van der Waals surface area contributed by atoms with Crippen LogP contribution in [-0.2, 0) is 19.7 Å². The summed E-state index contributed by atoms with van der Waals surface area (Å²) in [6.45, 7) is 0. The SMILES string of the molecule is CS(=O)(=O)CC(O)CS(C)(=O)=O. The van der Waals surface area contributed by atoms with Crippen molar-refractivity contribution < 1.29 is 21.9 Å². The molecular formula is C5H12O5S2. The molecule has 12 heavy (non-hydrogen) atoms. The molecule has 0 aromatic rings. The Balaban J connectivity index is 4.19. The molecular weight excluding hydrogens is 204 g/mol. The van der Waals surface area contributed by atoms with E-state index in [1.165, 1.54) is 0 Å². The zero-order valence-corrected chi connectivity index (χ0v) is 8.52. The molecule has 1 N–H and O–H groups in total. The molecule has 74 valence electrons. The number of aliphatic hydroxyl groups is 1. The summed E-state index contributed by atoms with van der Waals surface area (Å²) in [5.74, 6) is -1.03. The van der Waals surface area contributed by atoms with E-state index in [0.717, 1.165) is 12.5 Å². The van der Waals surface area contributed by atoms with Gasteiger partial charge in [-0.1, -0.05) is 0 Å². The van der Waals surface area contributed by atoms with E-state index in [9.17, 15) is 16.8 Å². The predicted molar refractivity (Wildman–Crippen MR) is 45.4 cm³/mol. The van der Waals surface area contributed by atoms with Gasteiger partial charge in [-0.15, -0.1) is 0 Å². The highest BCUT2D eigenvalue weighted by Gasteiger charge is 2.16. The maximum atomic E-state index is 10.6. The molecule has 0 saturated heterocycles. The molecule has 0 aliphatic heterocycles. The van der Waals surface area contributed by atoms with Crippen LogP contribution in [0.2, 0.25) is 0 Å². The van der Waals surface area contributed by atoms with Crippen LogP contribution in [0, 0.1) is 0 Å². The van der Waals surface area contributed by atoms with Crippen molar-refractivity contribution in [1.29, 1.82) is 0 Å². The van der Waals surface area contributed by atoms with E-state index in [2.05, 4.69) is 0 Å². The highest BCUT2D eigenvalue weighted by Crippen LogP contribution is 1.95. The Labute approximate surface area is 72.2 Å². The van der Waals surface area contributed by atoms with Gasteiger partial charge in [-0.05, 0) is 0 Å². The van der Waals surface area contributed by atoms with Crippen molar-refractivity contribution in [3.63, 3.8) is 0 Å². The van der Waals surface area contributed by atoms with Crippen molar-refractivity contribution in [2.45, 2.75) is 6.10 Å². The van der Waals surface area contributed by atoms with Crippen LogP contribution < -0.4 is 0 Å². The van der Waals surface area contributed by atoms with Gasteiger partial charge in [0.25, 0.3) is 0 Å². The molecule has 0 aliphatic rings. The molecule has 0 aromatic carbocycles. The van der Waals surface area contributed by atoms with Crippen LogP contribution in [0.5, 0.6) is 0 Å². The van der Waals surface area contributed by atoms with Gasteiger partial charge in [-0.2, -0.15) is 0 Å². The van der Waals surface area contributed by atoms with E-state index in [1.54, 1.807) is 0 Å². The summed E-state index contributed by atoms with van der Waals surface area (Å²) in [5.41, 5.74) is 0. The zero-order valence-electron chi connectivity index (χ0n) is 6.89. The zero-order chi connectivity index (χ0) is 9.99. The molecule has 0 saturated carbocycles. The number of rotatable bonds is 4. The Bertz CT molecular complexity index is 291. The second-order valence-corrected chi connectivity index (χ2v) is 7.21. The van der Waals surface area contributed by atoms with Gasteiger partial charge in [0.1, 0.15) is 19.7 Å². The van der Waals surface area contributed by atoms with E-state index in [4.69, 9.17) is 5.11 Å². The van der Waals surface area contributed by atoms with Gasteiger partial charge in [-0.25, -0.2) is 16.8 Å². The quantitative estimate of drug-likeness (QED) is 0.613. The van der Waals surface area contributed by atoms with Crippen molar-refractivity contribution in [3.8, 4) is 0 Å². The van der Waals surface area contributed by atoms with Gasteiger partial charge in [0.2, 0.25) is 0 Å². The summed E-state index contributed by atoms with van der Waals surface area (Å²) in [4.78, 5) is 0. The number of hydrogen-bond donors (Lipinski definition) is 1. The minimum absolute atomic E-state index is 0.514. The second-order valence-electron chi connectivity index (χ2n) is 2.84. The van der Waals surface area contributed by atoms with Gasteiger partial charge in [-0.3, -0.25) is 0 Å². The first-order chi connectivity index (χ1) is 5.10. The number of sulfone groups is 2. The molecule has 0 aromatic heterocycles. The molecule has 0 unspecified atom stereocenters. The first-order valence-electron chi connectivity index (χ1n) is 3.14. The topological polar surface area (TPSA) is 88.5 Å². The highest BCUT2D eigenvalue weighted by atomic mass is 32.2. The molecule has 5 nitrogen and oxygen atoms in total. The molecule has 0 amide bonds. The first kappa shape index (κ1) is 11.9. The van der Waals surface area contributed by atoms with E-state index in [-0.39, 0.29) is 0 Å². The van der Waals surface area contributed by atoms with Crippen LogP contribution in [0.1, 0.15) is 0 Å². The van der Waals surface area contributed by atoms with Gasteiger partial charge in [0, 0.05) is 12.5 Å². The molecule has 0 rings (SSSR count). The van der Waals surface area contributed by atoms with Crippen LogP contribution in [0.3, 0.4) is 0 Å². The summed E-state index contributed by atoms with van der Waals surface area (Å²) in [6.07, 6.45) is 0.562. The standard InChI is InChI=1S/C5H12O5S2/c1-11(7,8)3-5(6)4-12(2,9)10/h5-6H,3-4H2,1-2H3. The third-order valence-corrected chi connectivity index (χ3v) is 2.97. The Kier molecular flexibility index (Phi) is 3.67. The van der Waals surface area contributed by atoms with Gasteiger partial charge < -0.3 is 5.11 Å². The van der Waals surface area contributed by atoms with Crippen molar-refractivity contribution in [1.82, 2.24) is 0 Å². The Hall–Kier alpha value is -0.140. The predicted octanol–water partition coefficient (Wildman–Crippen LogP) is -1.56. The number of hydrogen-bond acceptors (Lipinski definition) is 5. The van der Waals surface area contributed by atoms with E-state index in [0.29, 0.717) is 0 Å². The second kappa shape index (κ2) is 3.71. The minimum atomic E-state index is -3.31. The Morgan fingerprint density at radius 1 is 1.00 bits per heavy atom. The summed E-state index contributed by atoms with van der Waals surface area (Å²) in [6, 6.07) is 0.